The van der Waals surface area contributed by atoms with Crippen molar-refractivity contribution in [3.8, 4) is 5.69 Å². The molecule has 0 saturated carbocycles. The van der Waals surface area contributed by atoms with Gasteiger partial charge in [0.25, 0.3) is 0 Å². The molecule has 92 valence electrons. The van der Waals surface area contributed by atoms with Crippen molar-refractivity contribution in [2.75, 3.05) is 5.73 Å². The number of nitrogen functional groups attached to an aromatic ring is 1. The molecule has 0 spiro atoms. The van der Waals surface area contributed by atoms with Gasteiger partial charge >= 0.3 is 0 Å². The van der Waals surface area contributed by atoms with E-state index in [4.69, 9.17) is 5.73 Å². The Morgan fingerprint density at radius 1 is 1.33 bits per heavy atom. The van der Waals surface area contributed by atoms with Crippen molar-refractivity contribution in [3.63, 3.8) is 0 Å². The zero-order valence-electron chi connectivity index (χ0n) is 9.92. The maximum Gasteiger partial charge on any atom is 0.207 e. The third-order valence-corrected chi connectivity index (χ3v) is 3.21. The fourth-order valence-electron chi connectivity index (χ4n) is 2.07. The van der Waals surface area contributed by atoms with Gasteiger partial charge in [-0.2, -0.15) is 5.10 Å². The minimum atomic E-state index is 0.431. The van der Waals surface area contributed by atoms with Crippen molar-refractivity contribution in [2.45, 2.75) is 6.92 Å². The number of aromatic nitrogens is 5. The molecule has 0 atom stereocenters. The molecule has 0 aromatic carbocycles. The lowest BCUT2D eigenvalue weighted by Crippen LogP contribution is -2.05. The largest absolute Gasteiger partial charge is 0.369 e. The maximum absolute atomic E-state index is 5.99. The van der Waals surface area contributed by atoms with Crippen molar-refractivity contribution < 1.29 is 0 Å². The third kappa shape index (κ3) is 1.51. The van der Waals surface area contributed by atoms with Gasteiger partial charge in [-0.1, -0.05) is 0 Å². The molecule has 3 aromatic heterocycles. The molecule has 0 aliphatic carbocycles. The summed E-state index contributed by atoms with van der Waals surface area (Å²) >= 11 is 3.40. The summed E-state index contributed by atoms with van der Waals surface area (Å²) in [6.07, 6.45) is 3.47. The first-order valence-corrected chi connectivity index (χ1v) is 6.15. The molecular weight excluding hydrogens is 296 g/mol. The third-order valence-electron chi connectivity index (χ3n) is 2.78. The lowest BCUT2D eigenvalue weighted by atomic mass is 10.4. The van der Waals surface area contributed by atoms with Crippen molar-refractivity contribution in [3.05, 3.63) is 28.6 Å². The second-order valence-electron chi connectivity index (χ2n) is 4.05. The number of pyridine rings is 1. The summed E-state index contributed by atoms with van der Waals surface area (Å²) in [6, 6.07) is 1.94. The van der Waals surface area contributed by atoms with Crippen LogP contribution in [-0.4, -0.2) is 24.3 Å². The Bertz CT molecular complexity index is 741. The highest BCUT2D eigenvalue weighted by molar-refractivity contribution is 9.10. The summed E-state index contributed by atoms with van der Waals surface area (Å²) in [7, 11) is 1.87. The van der Waals surface area contributed by atoms with Crippen LogP contribution in [0.3, 0.4) is 0 Å². The molecule has 2 N–H and O–H groups in total. The first kappa shape index (κ1) is 11.2. The summed E-state index contributed by atoms with van der Waals surface area (Å²) in [5.74, 6) is 0.431. The fraction of sp³-hybridized carbons (Fsp3) is 0.182. The number of nitrogens with zero attached hydrogens (tertiary/aromatic N) is 5. The van der Waals surface area contributed by atoms with E-state index in [2.05, 4.69) is 31.0 Å². The maximum atomic E-state index is 5.99. The number of nitrogens with two attached hydrogens (primary N) is 1. The zero-order chi connectivity index (χ0) is 12.9. The summed E-state index contributed by atoms with van der Waals surface area (Å²) in [5, 5.41) is 4.35. The number of anilines is 1. The molecule has 0 aliphatic heterocycles. The molecule has 0 bridgehead atoms. The van der Waals surface area contributed by atoms with E-state index in [1.807, 2.05) is 24.6 Å². The lowest BCUT2D eigenvalue weighted by Gasteiger charge is -2.06. The number of hydrogen-bond acceptors (Lipinski definition) is 4. The topological polar surface area (TPSA) is 74.6 Å². The molecule has 0 unspecified atom stereocenters. The second-order valence-corrected chi connectivity index (χ2v) is 4.96. The summed E-state index contributed by atoms with van der Waals surface area (Å²) in [4.78, 5) is 8.50. The van der Waals surface area contributed by atoms with Gasteiger partial charge in [-0.25, -0.2) is 9.67 Å². The minimum absolute atomic E-state index is 0.431. The van der Waals surface area contributed by atoms with E-state index < -0.39 is 0 Å². The summed E-state index contributed by atoms with van der Waals surface area (Å²) in [6.45, 7) is 1.91. The molecular formula is C11H11BrN6. The Kier molecular flexibility index (Phi) is 2.37. The Morgan fingerprint density at radius 2 is 2.11 bits per heavy atom. The van der Waals surface area contributed by atoms with Crippen LogP contribution in [0.1, 0.15) is 5.69 Å². The van der Waals surface area contributed by atoms with Crippen LogP contribution >= 0.6 is 15.9 Å². The Morgan fingerprint density at radius 3 is 2.83 bits per heavy atom. The molecule has 3 heterocycles. The number of halogens is 1. The fourth-order valence-corrected chi connectivity index (χ4v) is 2.42. The van der Waals surface area contributed by atoms with Gasteiger partial charge in [0.05, 0.1) is 17.6 Å². The highest BCUT2D eigenvalue weighted by Crippen LogP contribution is 2.25. The van der Waals surface area contributed by atoms with E-state index in [0.29, 0.717) is 5.95 Å². The van der Waals surface area contributed by atoms with Crippen LogP contribution in [0.2, 0.25) is 0 Å². The van der Waals surface area contributed by atoms with Crippen LogP contribution in [0.5, 0.6) is 0 Å². The number of aryl methyl sites for hydroxylation is 2. The first-order valence-electron chi connectivity index (χ1n) is 5.36. The van der Waals surface area contributed by atoms with E-state index in [-0.39, 0.29) is 0 Å². The normalized spacial score (nSPS) is 11.3. The van der Waals surface area contributed by atoms with E-state index >= 15 is 0 Å². The number of rotatable bonds is 1. The zero-order valence-corrected chi connectivity index (χ0v) is 11.5. The standard InChI is InChI=1S/C11H11BrN6/c1-6-9-10(17(2)16-6)18(11(13)15-9)8-3-7(12)4-14-5-8/h3-5H,1-2H3,(H2,13,15). The number of hydrogen-bond donors (Lipinski definition) is 1. The average Bonchev–Trinajstić information content (AvgIpc) is 2.78. The van der Waals surface area contributed by atoms with Crippen LogP contribution in [0, 0.1) is 6.92 Å². The predicted molar refractivity (Wildman–Crippen MR) is 72.5 cm³/mol. The lowest BCUT2D eigenvalue weighted by molar-refractivity contribution is 0.762. The van der Waals surface area contributed by atoms with Gasteiger partial charge in [-0.3, -0.25) is 9.55 Å². The molecule has 18 heavy (non-hydrogen) atoms. The van der Waals surface area contributed by atoms with Crippen LogP contribution in [0.15, 0.2) is 22.9 Å². The highest BCUT2D eigenvalue weighted by atomic mass is 79.9. The Labute approximate surface area is 112 Å². The summed E-state index contributed by atoms with van der Waals surface area (Å²) < 4.78 is 4.50. The second kappa shape index (κ2) is 3.81. The molecule has 6 nitrogen and oxygen atoms in total. The molecule has 7 heteroatoms. The molecule has 0 fully saturated rings. The van der Waals surface area contributed by atoms with Gasteiger partial charge < -0.3 is 5.73 Å². The van der Waals surface area contributed by atoms with Gasteiger partial charge in [0.2, 0.25) is 5.95 Å². The molecule has 0 amide bonds. The van der Waals surface area contributed by atoms with Gasteiger partial charge in [0.15, 0.2) is 5.65 Å². The van der Waals surface area contributed by atoms with Crippen molar-refractivity contribution in [1.82, 2.24) is 24.3 Å². The van der Waals surface area contributed by atoms with Crippen LogP contribution < -0.4 is 5.73 Å². The van der Waals surface area contributed by atoms with E-state index in [1.165, 1.54) is 0 Å². The molecule has 0 radical (unpaired) electrons. The van der Waals surface area contributed by atoms with Gasteiger partial charge in [0.1, 0.15) is 5.52 Å². The van der Waals surface area contributed by atoms with Crippen LogP contribution in [-0.2, 0) is 7.05 Å². The van der Waals surface area contributed by atoms with Gasteiger partial charge in [-0.05, 0) is 28.9 Å². The molecule has 0 saturated heterocycles. The molecule has 3 aromatic rings. The minimum Gasteiger partial charge on any atom is -0.369 e. The van der Waals surface area contributed by atoms with E-state index in [0.717, 1.165) is 27.0 Å². The van der Waals surface area contributed by atoms with Crippen molar-refractivity contribution in [1.29, 1.82) is 0 Å². The van der Waals surface area contributed by atoms with Crippen LogP contribution in [0.4, 0.5) is 5.95 Å². The van der Waals surface area contributed by atoms with Crippen molar-refractivity contribution in [2.24, 2.45) is 7.05 Å². The van der Waals surface area contributed by atoms with Crippen LogP contribution in [0.25, 0.3) is 16.9 Å². The quantitative estimate of drug-likeness (QED) is 0.744. The highest BCUT2D eigenvalue weighted by Gasteiger charge is 2.17. The predicted octanol–water partition coefficient (Wildman–Crippen LogP) is 1.81. The van der Waals surface area contributed by atoms with Gasteiger partial charge in [0, 0.05) is 17.7 Å². The monoisotopic (exact) mass is 306 g/mol. The number of fused-ring (bicyclic) bond motifs is 1. The Balaban J connectivity index is 2.38. The average molecular weight is 307 g/mol. The SMILES string of the molecule is Cc1nn(C)c2c1nc(N)n2-c1cncc(Br)c1. The summed E-state index contributed by atoms with van der Waals surface area (Å²) in [5.41, 5.74) is 9.38. The van der Waals surface area contributed by atoms with E-state index in [1.54, 1.807) is 17.1 Å². The van der Waals surface area contributed by atoms with E-state index in [9.17, 15) is 0 Å². The number of imidazole rings is 1. The molecule has 0 aliphatic rings. The first-order chi connectivity index (χ1) is 8.58. The van der Waals surface area contributed by atoms with Crippen molar-refractivity contribution >= 4 is 33.0 Å². The smallest absolute Gasteiger partial charge is 0.207 e. The Hall–Kier alpha value is -1.89. The van der Waals surface area contributed by atoms with Gasteiger partial charge in [-0.15, -0.1) is 0 Å². The molecule has 3 rings (SSSR count).